The molecule has 3 N–H and O–H groups in total. The topological polar surface area (TPSA) is 88.2 Å². The lowest BCUT2D eigenvalue weighted by molar-refractivity contribution is -0.138. The van der Waals surface area contributed by atoms with Crippen molar-refractivity contribution in [1.82, 2.24) is 15.3 Å². The molecule has 1 fully saturated rings. The number of amides is 1. The van der Waals surface area contributed by atoms with Crippen LogP contribution < -0.4 is 20.7 Å². The molecule has 1 saturated heterocycles. The van der Waals surface area contributed by atoms with Crippen LogP contribution in [0.5, 0.6) is 5.75 Å². The zero-order chi connectivity index (χ0) is 29.4. The van der Waals surface area contributed by atoms with E-state index < -0.39 is 23.8 Å². The average molecular weight is 576 g/mol. The molecule has 0 spiro atoms. The van der Waals surface area contributed by atoms with Crippen LogP contribution in [-0.4, -0.2) is 35.6 Å². The zero-order valence-corrected chi connectivity index (χ0v) is 22.5. The number of anilines is 3. The van der Waals surface area contributed by atoms with Crippen LogP contribution in [0.3, 0.4) is 0 Å². The third-order valence-electron chi connectivity index (χ3n) is 7.67. The number of ether oxygens (including phenoxy) is 1. The summed E-state index contributed by atoms with van der Waals surface area (Å²) in [4.78, 5) is 20.4. The molecule has 12 heteroatoms. The van der Waals surface area contributed by atoms with Crippen molar-refractivity contribution in [2.75, 3.05) is 23.7 Å². The minimum Gasteiger partial charge on any atom is -0.433 e. The van der Waals surface area contributed by atoms with Gasteiger partial charge in [-0.2, -0.15) is 22.0 Å². The Balaban J connectivity index is 1.43. The van der Waals surface area contributed by atoms with Gasteiger partial charge in [-0.25, -0.2) is 9.97 Å². The molecule has 3 heterocycles. The monoisotopic (exact) mass is 575 g/mol. The van der Waals surface area contributed by atoms with Crippen molar-refractivity contribution < 1.29 is 31.5 Å². The van der Waals surface area contributed by atoms with Crippen molar-refractivity contribution in [3.63, 3.8) is 0 Å². The number of piperidine rings is 1. The predicted octanol–water partition coefficient (Wildman–Crippen LogP) is 6.32. The van der Waals surface area contributed by atoms with E-state index in [9.17, 15) is 26.7 Å². The molecule has 5 rings (SSSR count). The Kier molecular flexibility index (Phi) is 7.87. The first-order valence-corrected chi connectivity index (χ1v) is 13.4. The van der Waals surface area contributed by atoms with E-state index in [1.165, 1.54) is 6.07 Å². The van der Waals surface area contributed by atoms with Gasteiger partial charge in [0.15, 0.2) is 0 Å². The molecular weight excluding hydrogens is 545 g/mol. The Morgan fingerprint density at radius 1 is 1.12 bits per heavy atom. The number of alkyl halides is 5. The Morgan fingerprint density at radius 3 is 2.59 bits per heavy atom. The highest BCUT2D eigenvalue weighted by Crippen LogP contribution is 2.41. The summed E-state index contributed by atoms with van der Waals surface area (Å²) in [5, 5.41) is 8.85. The second-order valence-corrected chi connectivity index (χ2v) is 10.8. The molecule has 0 bridgehead atoms. The van der Waals surface area contributed by atoms with E-state index in [1.807, 2.05) is 0 Å². The van der Waals surface area contributed by atoms with Crippen LogP contribution >= 0.6 is 0 Å². The van der Waals surface area contributed by atoms with Gasteiger partial charge in [0.05, 0.1) is 22.4 Å². The van der Waals surface area contributed by atoms with E-state index >= 15 is 0 Å². The maximum atomic E-state index is 13.9. The van der Waals surface area contributed by atoms with Crippen LogP contribution in [0.4, 0.5) is 39.3 Å². The van der Waals surface area contributed by atoms with Gasteiger partial charge in [-0.15, -0.1) is 0 Å². The number of benzene rings is 2. The summed E-state index contributed by atoms with van der Waals surface area (Å²) in [6.45, 7) is 2.06. The van der Waals surface area contributed by atoms with E-state index in [1.54, 1.807) is 44.2 Å². The lowest BCUT2D eigenvalue weighted by Crippen LogP contribution is -2.27. The molecule has 0 saturated carbocycles. The number of halogens is 5. The average Bonchev–Trinajstić information content (AvgIpc) is 3.16. The molecule has 0 atom stereocenters. The molecule has 0 unspecified atom stereocenters. The number of aromatic nitrogens is 2. The molecule has 7 nitrogen and oxygen atoms in total. The van der Waals surface area contributed by atoms with Gasteiger partial charge in [0.1, 0.15) is 5.75 Å². The van der Waals surface area contributed by atoms with Gasteiger partial charge in [0.25, 0.3) is 0 Å². The van der Waals surface area contributed by atoms with E-state index in [0.29, 0.717) is 11.9 Å². The number of fused-ring (bicyclic) bond motifs is 1. The largest absolute Gasteiger partial charge is 0.433 e. The van der Waals surface area contributed by atoms with E-state index in [2.05, 4.69) is 25.9 Å². The maximum absolute atomic E-state index is 13.9. The summed E-state index contributed by atoms with van der Waals surface area (Å²) in [5.41, 5.74) is 0.979. The summed E-state index contributed by atoms with van der Waals surface area (Å²) in [6, 6.07) is 10.2. The van der Waals surface area contributed by atoms with Gasteiger partial charge in [-0.3, -0.25) is 4.79 Å². The van der Waals surface area contributed by atoms with Crippen LogP contribution in [0.25, 0.3) is 0 Å². The number of carbonyl (C=O) groups excluding carboxylic acids is 1. The zero-order valence-electron chi connectivity index (χ0n) is 22.5. The second-order valence-electron chi connectivity index (χ2n) is 10.8. The van der Waals surface area contributed by atoms with Crippen LogP contribution in [0.15, 0.2) is 42.6 Å². The number of hydrogen-bond donors (Lipinski definition) is 3. The summed E-state index contributed by atoms with van der Waals surface area (Å²) in [7, 11) is 0. The molecule has 3 aromatic rings. The summed E-state index contributed by atoms with van der Waals surface area (Å²) >= 11 is 0. The number of hydrogen-bond acceptors (Lipinski definition) is 6. The predicted molar refractivity (Wildman–Crippen MR) is 144 cm³/mol. The normalized spacial score (nSPS) is 16.9. The van der Waals surface area contributed by atoms with Gasteiger partial charge in [0, 0.05) is 11.9 Å². The minimum absolute atomic E-state index is 0.0954. The first kappa shape index (κ1) is 28.7. The third kappa shape index (κ3) is 6.12. The number of nitrogens with one attached hydrogen (secondary N) is 3. The Bertz CT molecular complexity index is 1440. The van der Waals surface area contributed by atoms with E-state index in [0.717, 1.165) is 42.6 Å². The van der Waals surface area contributed by atoms with Crippen LogP contribution in [0.1, 0.15) is 60.6 Å². The molecule has 2 aliphatic rings. The van der Waals surface area contributed by atoms with Crippen molar-refractivity contribution in [2.45, 2.75) is 63.7 Å². The van der Waals surface area contributed by atoms with Gasteiger partial charge in [0.2, 0.25) is 11.9 Å². The summed E-state index contributed by atoms with van der Waals surface area (Å²) in [6.07, 6.45) is -2.24. The first-order valence-electron chi connectivity index (χ1n) is 13.4. The van der Waals surface area contributed by atoms with Crippen molar-refractivity contribution in [2.24, 2.45) is 0 Å². The van der Waals surface area contributed by atoms with Crippen LogP contribution in [-0.2, 0) is 29.2 Å². The van der Waals surface area contributed by atoms with Gasteiger partial charge >= 0.3 is 12.8 Å². The van der Waals surface area contributed by atoms with Crippen LogP contribution in [0.2, 0.25) is 0 Å². The molecule has 1 aromatic heterocycles. The molecular formula is C29H30F5N5O2. The van der Waals surface area contributed by atoms with Gasteiger partial charge in [-0.05, 0) is 93.4 Å². The molecule has 218 valence electrons. The lowest BCUT2D eigenvalue weighted by Gasteiger charge is -2.24. The maximum Gasteiger partial charge on any atom is 0.419 e. The van der Waals surface area contributed by atoms with Crippen molar-refractivity contribution >= 4 is 23.2 Å². The first-order chi connectivity index (χ1) is 19.4. The second kappa shape index (κ2) is 11.2. The third-order valence-corrected chi connectivity index (χ3v) is 7.67. The van der Waals surface area contributed by atoms with Crippen molar-refractivity contribution in [3.8, 4) is 5.75 Å². The van der Waals surface area contributed by atoms with Crippen molar-refractivity contribution in [1.29, 1.82) is 0 Å². The van der Waals surface area contributed by atoms with E-state index in [-0.39, 0.29) is 47.7 Å². The highest BCUT2D eigenvalue weighted by Gasteiger charge is 2.40. The molecule has 1 amide bonds. The molecule has 0 radical (unpaired) electrons. The van der Waals surface area contributed by atoms with E-state index in [4.69, 9.17) is 4.74 Å². The fourth-order valence-electron chi connectivity index (χ4n) is 5.57. The van der Waals surface area contributed by atoms with Gasteiger partial charge < -0.3 is 20.7 Å². The highest BCUT2D eigenvalue weighted by atomic mass is 19.4. The summed E-state index contributed by atoms with van der Waals surface area (Å²) in [5.74, 6) is -0.330. The molecule has 2 aliphatic heterocycles. The fraction of sp³-hybridized carbons (Fsp3) is 0.414. The molecule has 41 heavy (non-hydrogen) atoms. The molecule has 2 aromatic carbocycles. The highest BCUT2D eigenvalue weighted by molar-refractivity contribution is 6.06. The smallest absolute Gasteiger partial charge is 0.419 e. The summed E-state index contributed by atoms with van der Waals surface area (Å²) < 4.78 is 72.9. The molecule has 0 aliphatic carbocycles. The SMILES string of the molecule is CC1(C)C(=O)Nc2cccc(CCc3nc(Nc4ccc(C5CCNCC5)cc4OC(F)F)ncc3C(F)(F)F)c21. The Labute approximate surface area is 233 Å². The number of aryl methyl sites for hydroxylation is 2. The fourth-order valence-corrected chi connectivity index (χ4v) is 5.57. The number of rotatable bonds is 8. The van der Waals surface area contributed by atoms with Gasteiger partial charge in [-0.1, -0.05) is 18.2 Å². The van der Waals surface area contributed by atoms with Crippen LogP contribution in [0, 0.1) is 0 Å². The standard InChI is InChI=1S/C29H30F5N5O2/c1-28(2)24-17(4-3-5-22(24)37-25(28)40)6-8-20-19(29(32,33)34)15-36-27(38-20)39-21-9-7-18(14-23(21)41-26(30)31)16-10-12-35-13-11-16/h3-5,7,9,14-16,26,35H,6,8,10-13H2,1-2H3,(H,37,40)(H,36,38,39). The Morgan fingerprint density at radius 2 is 1.88 bits per heavy atom. The Hall–Kier alpha value is -3.80. The van der Waals surface area contributed by atoms with Crippen molar-refractivity contribution in [3.05, 3.63) is 70.5 Å². The lowest BCUT2D eigenvalue weighted by atomic mass is 9.82. The number of carbonyl (C=O) groups is 1. The number of nitrogens with zero attached hydrogens (tertiary/aromatic N) is 2. The minimum atomic E-state index is -4.70. The quantitative estimate of drug-likeness (QED) is 0.273.